The first-order valence-corrected chi connectivity index (χ1v) is 4.19. The monoisotopic (exact) mass is 234 g/mol. The predicted molar refractivity (Wildman–Crippen MR) is 48.0 cm³/mol. The first kappa shape index (κ1) is 11.6. The van der Waals surface area contributed by atoms with Gasteiger partial charge in [-0.1, -0.05) is 11.6 Å². The number of halogens is 3. The van der Waals surface area contributed by atoms with Crippen LogP contribution in [0.2, 0.25) is 5.02 Å². The lowest BCUT2D eigenvalue weighted by Gasteiger charge is -2.02. The zero-order chi connectivity index (χ0) is 11.6. The molecule has 0 amide bonds. The predicted octanol–water partition coefficient (Wildman–Crippen LogP) is 2.28. The summed E-state index contributed by atoms with van der Waals surface area (Å²) in [4.78, 5) is 21.4. The fourth-order valence-electron chi connectivity index (χ4n) is 0.969. The highest BCUT2D eigenvalue weighted by Crippen LogP contribution is 2.21. The molecule has 0 aliphatic carbocycles. The van der Waals surface area contributed by atoms with Gasteiger partial charge < -0.3 is 5.11 Å². The highest BCUT2D eigenvalue weighted by atomic mass is 35.5. The van der Waals surface area contributed by atoms with Crippen LogP contribution in [0.25, 0.3) is 0 Å². The molecule has 0 atom stereocenters. The Bertz CT molecular complexity index is 432. The minimum absolute atomic E-state index is 0.305. The topological polar surface area (TPSA) is 54.4 Å². The average Bonchev–Trinajstić information content (AvgIpc) is 2.09. The van der Waals surface area contributed by atoms with Crippen molar-refractivity contribution in [2.24, 2.45) is 0 Å². The molecule has 6 heteroatoms. The van der Waals surface area contributed by atoms with Crippen molar-refractivity contribution in [2.75, 3.05) is 0 Å². The van der Waals surface area contributed by atoms with Crippen LogP contribution in [0.15, 0.2) is 12.1 Å². The van der Waals surface area contributed by atoms with Gasteiger partial charge >= 0.3 is 5.97 Å². The van der Waals surface area contributed by atoms with E-state index in [9.17, 15) is 18.4 Å². The average molecular weight is 235 g/mol. The molecular weight excluding hydrogens is 230 g/mol. The molecule has 0 aromatic heterocycles. The number of ketones is 1. The van der Waals surface area contributed by atoms with Crippen LogP contribution in [0.3, 0.4) is 0 Å². The summed E-state index contributed by atoms with van der Waals surface area (Å²) in [5.74, 6) is -4.66. The van der Waals surface area contributed by atoms with Crippen molar-refractivity contribution >= 4 is 23.4 Å². The number of Topliss-reactive ketones (excluding diaryl/α,β-unsaturated/α-hetero) is 1. The molecule has 3 nitrogen and oxygen atoms in total. The highest BCUT2D eigenvalue weighted by Gasteiger charge is 2.17. The Kier molecular flexibility index (Phi) is 3.36. The summed E-state index contributed by atoms with van der Waals surface area (Å²) in [5, 5.41) is 8.02. The quantitative estimate of drug-likeness (QED) is 0.496. The zero-order valence-corrected chi connectivity index (χ0v) is 8.02. The van der Waals surface area contributed by atoms with Gasteiger partial charge in [0, 0.05) is 5.56 Å². The lowest BCUT2D eigenvalue weighted by molar-refractivity contribution is -0.135. The van der Waals surface area contributed by atoms with E-state index in [2.05, 4.69) is 0 Å². The number of carbonyl (C=O) groups is 2. The third-order valence-corrected chi connectivity index (χ3v) is 1.93. The summed E-state index contributed by atoms with van der Waals surface area (Å²) in [6.07, 6.45) is -0.815. The van der Waals surface area contributed by atoms with E-state index >= 15 is 0 Å². The van der Waals surface area contributed by atoms with Crippen LogP contribution in [-0.2, 0) is 4.79 Å². The lowest BCUT2D eigenvalue weighted by Crippen LogP contribution is -2.08. The van der Waals surface area contributed by atoms with E-state index in [0.29, 0.717) is 12.1 Å². The van der Waals surface area contributed by atoms with Crippen LogP contribution in [0.5, 0.6) is 0 Å². The molecule has 0 saturated heterocycles. The van der Waals surface area contributed by atoms with Gasteiger partial charge in [0.15, 0.2) is 17.4 Å². The molecule has 0 aliphatic rings. The first-order chi connectivity index (χ1) is 6.91. The fraction of sp³-hybridized carbons (Fsp3) is 0.111. The van der Waals surface area contributed by atoms with Crippen molar-refractivity contribution in [3.05, 3.63) is 34.4 Å². The summed E-state index contributed by atoms with van der Waals surface area (Å²) < 4.78 is 25.3. The van der Waals surface area contributed by atoms with Gasteiger partial charge in [-0.25, -0.2) is 8.78 Å². The summed E-state index contributed by atoms with van der Waals surface area (Å²) in [7, 11) is 0. The Morgan fingerprint density at radius 3 is 2.33 bits per heavy atom. The molecule has 1 N–H and O–H groups in total. The van der Waals surface area contributed by atoms with Crippen molar-refractivity contribution in [1.82, 2.24) is 0 Å². The van der Waals surface area contributed by atoms with Crippen LogP contribution >= 0.6 is 11.6 Å². The number of hydrogen-bond donors (Lipinski definition) is 1. The van der Waals surface area contributed by atoms with E-state index in [1.165, 1.54) is 0 Å². The normalized spacial score (nSPS) is 10.1. The van der Waals surface area contributed by atoms with Crippen molar-refractivity contribution in [3.8, 4) is 0 Å². The van der Waals surface area contributed by atoms with Gasteiger partial charge in [0.2, 0.25) is 0 Å². The third-order valence-electron chi connectivity index (χ3n) is 1.62. The van der Waals surface area contributed by atoms with Gasteiger partial charge in [-0.15, -0.1) is 0 Å². The molecule has 0 fully saturated rings. The minimum Gasteiger partial charge on any atom is -0.481 e. The maximum Gasteiger partial charge on any atom is 0.311 e. The molecule has 1 aromatic carbocycles. The van der Waals surface area contributed by atoms with Gasteiger partial charge in [0.1, 0.15) is 6.42 Å². The van der Waals surface area contributed by atoms with Crippen molar-refractivity contribution in [1.29, 1.82) is 0 Å². The third kappa shape index (κ3) is 2.73. The van der Waals surface area contributed by atoms with Crippen molar-refractivity contribution < 1.29 is 23.5 Å². The molecule has 0 aliphatic heterocycles. The van der Waals surface area contributed by atoms with Crippen LogP contribution in [0.4, 0.5) is 8.78 Å². The Hall–Kier alpha value is -1.49. The second-order valence-electron chi connectivity index (χ2n) is 2.74. The van der Waals surface area contributed by atoms with Gasteiger partial charge in [-0.3, -0.25) is 9.59 Å². The molecule has 0 radical (unpaired) electrons. The van der Waals surface area contributed by atoms with Crippen LogP contribution in [0.1, 0.15) is 16.8 Å². The standard InChI is InChI=1S/C9H5ClF2O3/c10-5-2-7(12)6(11)1-4(5)8(13)3-9(14)15/h1-2H,3H2,(H,14,15). The van der Waals surface area contributed by atoms with Crippen molar-refractivity contribution in [2.45, 2.75) is 6.42 Å². The van der Waals surface area contributed by atoms with Crippen LogP contribution in [0, 0.1) is 11.6 Å². The SMILES string of the molecule is O=C(O)CC(=O)c1cc(F)c(F)cc1Cl. The van der Waals surface area contributed by atoms with Crippen LogP contribution < -0.4 is 0 Å². The van der Waals surface area contributed by atoms with E-state index in [-0.39, 0.29) is 10.6 Å². The molecule has 80 valence electrons. The zero-order valence-electron chi connectivity index (χ0n) is 7.26. The highest BCUT2D eigenvalue weighted by molar-refractivity contribution is 6.34. The second-order valence-corrected chi connectivity index (χ2v) is 3.15. The molecular formula is C9H5ClF2O3. The van der Waals surface area contributed by atoms with Gasteiger partial charge in [0.25, 0.3) is 0 Å². The summed E-state index contributed by atoms with van der Waals surface area (Å²) in [6.45, 7) is 0. The first-order valence-electron chi connectivity index (χ1n) is 3.81. The van der Waals surface area contributed by atoms with E-state index in [1.54, 1.807) is 0 Å². The number of rotatable bonds is 3. The Morgan fingerprint density at radius 1 is 1.27 bits per heavy atom. The van der Waals surface area contributed by atoms with Gasteiger partial charge in [-0.05, 0) is 12.1 Å². The smallest absolute Gasteiger partial charge is 0.311 e. The fourth-order valence-corrected chi connectivity index (χ4v) is 1.22. The second kappa shape index (κ2) is 4.35. The molecule has 1 aromatic rings. The maximum absolute atomic E-state index is 12.7. The van der Waals surface area contributed by atoms with Crippen LogP contribution in [-0.4, -0.2) is 16.9 Å². The number of carbonyl (C=O) groups excluding carboxylic acids is 1. The van der Waals surface area contributed by atoms with E-state index < -0.39 is 29.8 Å². The number of benzene rings is 1. The van der Waals surface area contributed by atoms with Gasteiger partial charge in [0.05, 0.1) is 5.02 Å². The number of aliphatic carboxylic acids is 1. The van der Waals surface area contributed by atoms with E-state index in [0.717, 1.165) is 0 Å². The molecule has 0 heterocycles. The molecule has 0 bridgehead atoms. The largest absolute Gasteiger partial charge is 0.481 e. The summed E-state index contributed by atoms with van der Waals surface area (Å²) in [5.41, 5.74) is -0.335. The number of carboxylic acids is 1. The molecule has 0 spiro atoms. The molecule has 0 saturated carbocycles. The lowest BCUT2D eigenvalue weighted by atomic mass is 10.1. The summed E-state index contributed by atoms with van der Waals surface area (Å²) in [6, 6.07) is 1.22. The molecule has 15 heavy (non-hydrogen) atoms. The molecule has 0 unspecified atom stereocenters. The number of carboxylic acid groups (broad SMARTS) is 1. The van der Waals surface area contributed by atoms with E-state index in [4.69, 9.17) is 16.7 Å². The maximum atomic E-state index is 12.7. The van der Waals surface area contributed by atoms with E-state index in [1.807, 2.05) is 0 Å². The van der Waals surface area contributed by atoms with Crippen molar-refractivity contribution in [3.63, 3.8) is 0 Å². The van der Waals surface area contributed by atoms with Gasteiger partial charge in [-0.2, -0.15) is 0 Å². The molecule has 1 rings (SSSR count). The minimum atomic E-state index is -1.36. The Balaban J connectivity index is 3.09. The Labute approximate surface area is 88.3 Å². The number of hydrogen-bond acceptors (Lipinski definition) is 2. The summed E-state index contributed by atoms with van der Waals surface area (Å²) >= 11 is 5.46. The Morgan fingerprint density at radius 2 is 1.80 bits per heavy atom.